The van der Waals surface area contributed by atoms with Gasteiger partial charge in [-0.15, -0.1) is 24.0 Å². The molecule has 2 aromatic rings. The predicted molar refractivity (Wildman–Crippen MR) is 127 cm³/mol. The van der Waals surface area contributed by atoms with E-state index >= 15 is 0 Å². The minimum Gasteiger partial charge on any atom is -0.352 e. The van der Waals surface area contributed by atoms with E-state index in [1.165, 1.54) is 6.42 Å². The molecule has 7 nitrogen and oxygen atoms in total. The Morgan fingerprint density at radius 3 is 2.62 bits per heavy atom. The molecular formula is C21H31IN6O. The highest BCUT2D eigenvalue weighted by Crippen LogP contribution is 2.25. The Morgan fingerprint density at radius 2 is 1.93 bits per heavy atom. The number of rotatable bonds is 6. The summed E-state index contributed by atoms with van der Waals surface area (Å²) in [4.78, 5) is 16.7. The number of hydrogen-bond acceptors (Lipinski definition) is 3. The molecule has 29 heavy (non-hydrogen) atoms. The summed E-state index contributed by atoms with van der Waals surface area (Å²) >= 11 is 0. The van der Waals surface area contributed by atoms with Crippen LogP contribution in [-0.4, -0.2) is 28.7 Å². The van der Waals surface area contributed by atoms with Gasteiger partial charge in [-0.1, -0.05) is 31.4 Å². The zero-order valence-corrected chi connectivity index (χ0v) is 19.5. The first-order chi connectivity index (χ1) is 13.7. The number of anilines is 1. The lowest BCUT2D eigenvalue weighted by Crippen LogP contribution is -2.36. The van der Waals surface area contributed by atoms with Crippen LogP contribution in [0.2, 0.25) is 0 Å². The Balaban J connectivity index is 0.00000300. The number of aryl methyl sites for hydroxylation is 1. The maximum absolute atomic E-state index is 12.5. The van der Waals surface area contributed by atoms with Crippen molar-refractivity contribution in [3.8, 4) is 0 Å². The van der Waals surface area contributed by atoms with Gasteiger partial charge in [0.15, 0.2) is 5.96 Å². The molecule has 0 unspecified atom stereocenters. The van der Waals surface area contributed by atoms with Gasteiger partial charge in [-0.3, -0.25) is 14.5 Å². The maximum Gasteiger partial charge on any atom is 0.227 e. The summed E-state index contributed by atoms with van der Waals surface area (Å²) in [5.41, 5.74) is 3.02. The maximum atomic E-state index is 12.5. The molecule has 1 heterocycles. The number of hydrogen-bond donors (Lipinski definition) is 3. The van der Waals surface area contributed by atoms with Crippen LogP contribution in [0.5, 0.6) is 0 Å². The van der Waals surface area contributed by atoms with Crippen LogP contribution in [0, 0.1) is 5.92 Å². The van der Waals surface area contributed by atoms with E-state index in [0.717, 1.165) is 48.6 Å². The molecule has 1 saturated carbocycles. The number of halogens is 1. The summed E-state index contributed by atoms with van der Waals surface area (Å²) in [6.07, 6.45) is 7.36. The molecule has 0 atom stereocenters. The van der Waals surface area contributed by atoms with Crippen LogP contribution in [0.25, 0.3) is 0 Å². The smallest absolute Gasteiger partial charge is 0.227 e. The fraction of sp³-hybridized carbons (Fsp3) is 0.476. The lowest BCUT2D eigenvalue weighted by atomic mass is 9.88. The summed E-state index contributed by atoms with van der Waals surface area (Å²) < 4.78 is 1.83. The SMILES string of the molecule is CN=C(NCc1cccc(NC(=O)C2CCCCC2)c1)NCc1ccnn1C.I. The number of nitrogens with zero attached hydrogens (tertiary/aromatic N) is 3. The second-order valence-electron chi connectivity index (χ2n) is 7.25. The van der Waals surface area contributed by atoms with E-state index < -0.39 is 0 Å². The third-order valence-corrected chi connectivity index (χ3v) is 5.21. The van der Waals surface area contributed by atoms with Gasteiger partial charge in [-0.2, -0.15) is 5.10 Å². The molecule has 1 aliphatic carbocycles. The first kappa shape index (κ1) is 23.2. The standard InChI is InChI=1S/C21H30N6O.HI/c1-22-21(24-15-19-11-12-25-27(19)2)23-14-16-7-6-10-18(13-16)26-20(28)17-8-4-3-5-9-17;/h6-7,10-13,17H,3-5,8-9,14-15H2,1-2H3,(H,26,28)(H2,22,23,24);1H. The second kappa shape index (κ2) is 11.8. The molecule has 0 aliphatic heterocycles. The first-order valence-electron chi connectivity index (χ1n) is 9.97. The molecule has 8 heteroatoms. The van der Waals surface area contributed by atoms with Crippen molar-refractivity contribution in [3.63, 3.8) is 0 Å². The van der Waals surface area contributed by atoms with Gasteiger partial charge in [0.1, 0.15) is 0 Å². The molecule has 3 rings (SSSR count). The Labute approximate surface area is 189 Å². The highest BCUT2D eigenvalue weighted by atomic mass is 127. The number of amides is 1. The van der Waals surface area contributed by atoms with Crippen LogP contribution in [0.4, 0.5) is 5.69 Å². The molecule has 0 spiro atoms. The van der Waals surface area contributed by atoms with Crippen LogP contribution in [0.15, 0.2) is 41.5 Å². The molecule has 0 bridgehead atoms. The van der Waals surface area contributed by atoms with E-state index in [-0.39, 0.29) is 35.8 Å². The molecule has 1 aromatic heterocycles. The third-order valence-electron chi connectivity index (χ3n) is 5.21. The predicted octanol–water partition coefficient (Wildman–Crippen LogP) is 3.42. The van der Waals surface area contributed by atoms with Crippen molar-refractivity contribution in [3.05, 3.63) is 47.8 Å². The van der Waals surface area contributed by atoms with Gasteiger partial charge in [-0.25, -0.2) is 0 Å². The number of carbonyl (C=O) groups is 1. The van der Waals surface area contributed by atoms with Gasteiger partial charge in [0, 0.05) is 38.4 Å². The highest BCUT2D eigenvalue weighted by molar-refractivity contribution is 14.0. The van der Waals surface area contributed by atoms with Crippen molar-refractivity contribution in [2.24, 2.45) is 18.0 Å². The number of guanidine groups is 1. The first-order valence-corrected chi connectivity index (χ1v) is 9.97. The number of carbonyl (C=O) groups excluding carboxylic acids is 1. The Hall–Kier alpha value is -2.10. The average molecular weight is 510 g/mol. The van der Waals surface area contributed by atoms with Crippen LogP contribution in [-0.2, 0) is 24.9 Å². The van der Waals surface area contributed by atoms with E-state index in [2.05, 4.69) is 26.0 Å². The van der Waals surface area contributed by atoms with E-state index in [0.29, 0.717) is 13.1 Å². The zero-order valence-electron chi connectivity index (χ0n) is 17.1. The molecule has 1 aliphatic rings. The van der Waals surface area contributed by atoms with Crippen molar-refractivity contribution >= 4 is 41.5 Å². The van der Waals surface area contributed by atoms with Crippen LogP contribution < -0.4 is 16.0 Å². The second-order valence-corrected chi connectivity index (χ2v) is 7.25. The summed E-state index contributed by atoms with van der Waals surface area (Å²) in [6, 6.07) is 9.94. The van der Waals surface area contributed by atoms with E-state index in [1.54, 1.807) is 13.2 Å². The van der Waals surface area contributed by atoms with Crippen LogP contribution in [0.1, 0.15) is 43.4 Å². The monoisotopic (exact) mass is 510 g/mol. The summed E-state index contributed by atoms with van der Waals surface area (Å²) in [6.45, 7) is 1.27. The van der Waals surface area contributed by atoms with Gasteiger partial charge < -0.3 is 16.0 Å². The molecule has 1 amide bonds. The van der Waals surface area contributed by atoms with Crippen LogP contribution >= 0.6 is 24.0 Å². The summed E-state index contributed by atoms with van der Waals surface area (Å²) in [5, 5.41) is 13.8. The fourth-order valence-corrected chi connectivity index (χ4v) is 3.52. The summed E-state index contributed by atoms with van der Waals surface area (Å²) in [7, 11) is 3.67. The minimum absolute atomic E-state index is 0. The number of aromatic nitrogens is 2. The summed E-state index contributed by atoms with van der Waals surface area (Å²) in [5.74, 6) is 1.03. The lowest BCUT2D eigenvalue weighted by molar-refractivity contribution is -0.120. The van der Waals surface area contributed by atoms with Crippen molar-refractivity contribution in [1.29, 1.82) is 0 Å². The number of benzene rings is 1. The Morgan fingerprint density at radius 1 is 1.17 bits per heavy atom. The van der Waals surface area contributed by atoms with Gasteiger partial charge in [-0.05, 0) is 36.6 Å². The van der Waals surface area contributed by atoms with E-state index in [1.807, 2.05) is 42.1 Å². The Bertz CT molecular complexity index is 813. The van der Waals surface area contributed by atoms with Gasteiger partial charge in [0.05, 0.1) is 12.2 Å². The van der Waals surface area contributed by atoms with E-state index in [9.17, 15) is 4.79 Å². The Kier molecular flexibility index (Phi) is 9.43. The van der Waals surface area contributed by atoms with Gasteiger partial charge in [0.2, 0.25) is 5.91 Å². The minimum atomic E-state index is 0. The van der Waals surface area contributed by atoms with Gasteiger partial charge >= 0.3 is 0 Å². The number of aliphatic imine (C=N–C) groups is 1. The number of nitrogens with one attached hydrogen (secondary N) is 3. The highest BCUT2D eigenvalue weighted by Gasteiger charge is 2.21. The normalized spacial score (nSPS) is 14.8. The third kappa shape index (κ3) is 7.02. The van der Waals surface area contributed by atoms with E-state index in [4.69, 9.17) is 0 Å². The molecular weight excluding hydrogens is 479 g/mol. The van der Waals surface area contributed by atoms with Crippen molar-refractivity contribution in [2.45, 2.75) is 45.2 Å². The molecule has 0 saturated heterocycles. The molecule has 1 fully saturated rings. The lowest BCUT2D eigenvalue weighted by Gasteiger charge is -2.21. The van der Waals surface area contributed by atoms with Gasteiger partial charge in [0.25, 0.3) is 0 Å². The van der Waals surface area contributed by atoms with Crippen molar-refractivity contribution < 1.29 is 4.79 Å². The fourth-order valence-electron chi connectivity index (χ4n) is 3.52. The topological polar surface area (TPSA) is 83.3 Å². The quantitative estimate of drug-likeness (QED) is 0.316. The average Bonchev–Trinajstić information content (AvgIpc) is 3.14. The molecule has 0 radical (unpaired) electrons. The molecule has 1 aromatic carbocycles. The zero-order chi connectivity index (χ0) is 19.8. The largest absolute Gasteiger partial charge is 0.352 e. The molecule has 3 N–H and O–H groups in total. The van der Waals surface area contributed by atoms with Crippen molar-refractivity contribution in [2.75, 3.05) is 12.4 Å². The van der Waals surface area contributed by atoms with Crippen molar-refractivity contribution in [1.82, 2.24) is 20.4 Å². The molecule has 158 valence electrons. The van der Waals surface area contributed by atoms with Crippen LogP contribution in [0.3, 0.4) is 0 Å².